The maximum atomic E-state index is 5.49. The standard InChI is InChI=1S/C42H26N2S2/c45-41(32-13-5-1-9-28(32)29-10-2-6-14-33(29)41)36-23-21-26-19-17-25-18-20-27-22-24-37(44-40(27)38(25)39(26)43-36)42(46)34-15-7-3-11-30(34)31-12-4-8-16-35(31)42/h1-24,45-46H. The topological polar surface area (TPSA) is 25.8 Å². The number of thiol groups is 2. The molecule has 8 aromatic rings. The minimum atomic E-state index is -0.681. The van der Waals surface area contributed by atoms with Gasteiger partial charge in [-0.25, -0.2) is 9.97 Å². The fraction of sp³-hybridized carbons (Fsp3) is 0.0476. The van der Waals surface area contributed by atoms with E-state index in [2.05, 4.69) is 146 Å². The first kappa shape index (κ1) is 26.3. The van der Waals surface area contributed by atoms with Gasteiger partial charge in [0, 0.05) is 16.2 Å². The minimum Gasteiger partial charge on any atom is -0.250 e. The minimum absolute atomic E-state index is 0.681. The summed E-state index contributed by atoms with van der Waals surface area (Å²) in [5, 5.41) is 4.30. The highest BCUT2D eigenvalue weighted by Gasteiger charge is 2.44. The zero-order valence-electron chi connectivity index (χ0n) is 24.6. The van der Waals surface area contributed by atoms with Crippen LogP contribution in [0.5, 0.6) is 0 Å². The first-order valence-electron chi connectivity index (χ1n) is 15.5. The second-order valence-corrected chi connectivity index (χ2v) is 13.7. The predicted octanol–water partition coefficient (Wildman–Crippen LogP) is 10.3. The molecular formula is C42H26N2S2. The monoisotopic (exact) mass is 622 g/mol. The number of hydrogen-bond acceptors (Lipinski definition) is 4. The van der Waals surface area contributed by atoms with E-state index in [0.29, 0.717) is 0 Å². The van der Waals surface area contributed by atoms with Crippen LogP contribution < -0.4 is 0 Å². The molecular weight excluding hydrogens is 597 g/mol. The molecule has 0 amide bonds. The third-order valence-corrected chi connectivity index (χ3v) is 11.5. The van der Waals surface area contributed by atoms with Gasteiger partial charge in [-0.2, -0.15) is 25.3 Å². The normalized spacial score (nSPS) is 15.1. The lowest BCUT2D eigenvalue weighted by atomic mass is 9.90. The lowest BCUT2D eigenvalue weighted by Crippen LogP contribution is -2.21. The average molecular weight is 623 g/mol. The van der Waals surface area contributed by atoms with E-state index in [4.69, 9.17) is 35.2 Å². The summed E-state index contributed by atoms with van der Waals surface area (Å²) in [7, 11) is 0. The third kappa shape index (κ3) is 3.30. The Bertz CT molecular complexity index is 2320. The first-order valence-corrected chi connectivity index (χ1v) is 16.4. The molecule has 0 bridgehead atoms. The van der Waals surface area contributed by atoms with E-state index < -0.39 is 9.49 Å². The van der Waals surface area contributed by atoms with Crippen LogP contribution in [0.3, 0.4) is 0 Å². The average Bonchev–Trinajstić information content (AvgIpc) is 3.54. The summed E-state index contributed by atoms with van der Waals surface area (Å²) in [4.78, 5) is 11.0. The molecule has 2 aliphatic carbocycles. The Labute approximate surface area is 277 Å². The van der Waals surface area contributed by atoms with Crippen molar-refractivity contribution in [3.05, 3.63) is 179 Å². The van der Waals surface area contributed by atoms with Gasteiger partial charge in [-0.1, -0.05) is 133 Å². The summed E-state index contributed by atoms with van der Waals surface area (Å²) in [6, 6.07) is 51.6. The quantitative estimate of drug-likeness (QED) is 0.148. The van der Waals surface area contributed by atoms with Crippen molar-refractivity contribution >= 4 is 57.8 Å². The van der Waals surface area contributed by atoms with Gasteiger partial charge < -0.3 is 0 Å². The van der Waals surface area contributed by atoms with Gasteiger partial charge in [0.25, 0.3) is 0 Å². The van der Waals surface area contributed by atoms with Gasteiger partial charge in [0.2, 0.25) is 0 Å². The fourth-order valence-electron chi connectivity index (χ4n) is 7.96. The molecule has 0 saturated heterocycles. The molecule has 0 aliphatic heterocycles. The first-order chi connectivity index (χ1) is 22.6. The van der Waals surface area contributed by atoms with Crippen molar-refractivity contribution in [3.8, 4) is 22.3 Å². The molecule has 2 aliphatic rings. The van der Waals surface area contributed by atoms with E-state index in [1.165, 1.54) is 22.3 Å². The van der Waals surface area contributed by atoms with E-state index in [0.717, 1.165) is 66.2 Å². The van der Waals surface area contributed by atoms with Crippen LogP contribution in [-0.4, -0.2) is 9.97 Å². The van der Waals surface area contributed by atoms with Crippen molar-refractivity contribution in [2.24, 2.45) is 0 Å². The van der Waals surface area contributed by atoms with Crippen LogP contribution in [0, 0.1) is 0 Å². The van der Waals surface area contributed by atoms with Crippen molar-refractivity contribution in [2.75, 3.05) is 0 Å². The SMILES string of the molecule is SC1(c2ccc3ccc4ccc5ccc(C6(S)c7ccccc7-c7ccccc76)nc5c4c3n2)c2ccccc2-c2ccccc21. The second kappa shape index (κ2) is 9.32. The molecule has 216 valence electrons. The molecule has 2 heterocycles. The molecule has 2 nitrogen and oxygen atoms in total. The molecule has 0 fully saturated rings. The Morgan fingerprint density at radius 1 is 0.348 bits per heavy atom. The van der Waals surface area contributed by atoms with Crippen LogP contribution in [0.2, 0.25) is 0 Å². The Morgan fingerprint density at radius 2 is 0.652 bits per heavy atom. The molecule has 2 aromatic heterocycles. The largest absolute Gasteiger partial charge is 0.250 e. The number of fused-ring (bicyclic) bond motifs is 11. The maximum absolute atomic E-state index is 5.49. The van der Waals surface area contributed by atoms with Crippen molar-refractivity contribution < 1.29 is 0 Å². The van der Waals surface area contributed by atoms with Gasteiger partial charge in [0.15, 0.2) is 0 Å². The van der Waals surface area contributed by atoms with Crippen LogP contribution >= 0.6 is 25.3 Å². The van der Waals surface area contributed by atoms with Gasteiger partial charge in [-0.3, -0.25) is 0 Å². The summed E-state index contributed by atoms with van der Waals surface area (Å²) < 4.78 is -1.36. The Morgan fingerprint density at radius 3 is 1.02 bits per heavy atom. The van der Waals surface area contributed by atoms with E-state index >= 15 is 0 Å². The van der Waals surface area contributed by atoms with E-state index in [9.17, 15) is 0 Å². The van der Waals surface area contributed by atoms with Gasteiger partial charge in [-0.15, -0.1) is 0 Å². The zero-order chi connectivity index (χ0) is 30.6. The van der Waals surface area contributed by atoms with Gasteiger partial charge in [-0.05, 0) is 62.0 Å². The molecule has 0 spiro atoms. The van der Waals surface area contributed by atoms with Gasteiger partial charge >= 0.3 is 0 Å². The number of rotatable bonds is 2. The lowest BCUT2D eigenvalue weighted by molar-refractivity contribution is 0.890. The molecule has 0 atom stereocenters. The molecule has 0 unspecified atom stereocenters. The van der Waals surface area contributed by atoms with Crippen molar-refractivity contribution in [1.82, 2.24) is 9.97 Å². The summed E-state index contributed by atoms with van der Waals surface area (Å²) in [6.45, 7) is 0. The number of hydrogen-bond donors (Lipinski definition) is 2. The number of nitrogens with zero attached hydrogens (tertiary/aromatic N) is 2. The highest BCUT2D eigenvalue weighted by Crippen LogP contribution is 2.56. The molecule has 0 saturated carbocycles. The third-order valence-electron chi connectivity index (χ3n) is 10.1. The van der Waals surface area contributed by atoms with E-state index in [-0.39, 0.29) is 0 Å². The predicted molar refractivity (Wildman–Crippen MR) is 196 cm³/mol. The second-order valence-electron chi connectivity index (χ2n) is 12.4. The number of benzene rings is 6. The van der Waals surface area contributed by atoms with E-state index in [1.807, 2.05) is 0 Å². The molecule has 0 N–H and O–H groups in total. The summed E-state index contributed by atoms with van der Waals surface area (Å²) in [5.41, 5.74) is 13.2. The fourth-order valence-corrected chi connectivity index (χ4v) is 8.98. The Balaban J connectivity index is 1.25. The van der Waals surface area contributed by atoms with Gasteiger partial charge in [0.1, 0.15) is 9.49 Å². The van der Waals surface area contributed by atoms with E-state index in [1.54, 1.807) is 0 Å². The van der Waals surface area contributed by atoms with Gasteiger partial charge in [0.05, 0.1) is 22.4 Å². The maximum Gasteiger partial charge on any atom is 0.106 e. The molecule has 0 radical (unpaired) electrons. The smallest absolute Gasteiger partial charge is 0.106 e. The highest BCUT2D eigenvalue weighted by molar-refractivity contribution is 7.82. The molecule has 6 aromatic carbocycles. The zero-order valence-corrected chi connectivity index (χ0v) is 26.4. The van der Waals surface area contributed by atoms with Crippen LogP contribution in [0.25, 0.3) is 54.8 Å². The number of pyridine rings is 2. The molecule has 46 heavy (non-hydrogen) atoms. The number of aromatic nitrogens is 2. The lowest BCUT2D eigenvalue weighted by Gasteiger charge is -2.27. The van der Waals surface area contributed by atoms with Crippen molar-refractivity contribution in [1.29, 1.82) is 0 Å². The van der Waals surface area contributed by atoms with Crippen molar-refractivity contribution in [2.45, 2.75) is 9.49 Å². The molecule has 4 heteroatoms. The van der Waals surface area contributed by atoms with Crippen LogP contribution in [0.4, 0.5) is 0 Å². The van der Waals surface area contributed by atoms with Crippen LogP contribution in [0.1, 0.15) is 33.6 Å². The summed E-state index contributed by atoms with van der Waals surface area (Å²) in [6.07, 6.45) is 0. The van der Waals surface area contributed by atoms with Crippen LogP contribution in [0.15, 0.2) is 146 Å². The Hall–Kier alpha value is -4.90. The van der Waals surface area contributed by atoms with Crippen molar-refractivity contribution in [3.63, 3.8) is 0 Å². The summed E-state index contributed by atoms with van der Waals surface area (Å²) >= 11 is 10.9. The highest BCUT2D eigenvalue weighted by atomic mass is 32.1. The Kier molecular flexibility index (Phi) is 5.34. The van der Waals surface area contributed by atoms with Crippen LogP contribution in [-0.2, 0) is 9.49 Å². The summed E-state index contributed by atoms with van der Waals surface area (Å²) in [5.74, 6) is 0. The molecule has 10 rings (SSSR count).